The Bertz CT molecular complexity index is 1190. The molecular weight excluding hydrogens is 520 g/mol. The van der Waals surface area contributed by atoms with Crippen molar-refractivity contribution in [1.82, 2.24) is 14.5 Å². The molecule has 0 amide bonds. The van der Waals surface area contributed by atoms with Gasteiger partial charge in [0.05, 0.1) is 22.7 Å². The molecule has 3 heterocycles. The number of ether oxygens (including phenoxy) is 1. The van der Waals surface area contributed by atoms with Gasteiger partial charge >= 0.3 is 0 Å². The van der Waals surface area contributed by atoms with Gasteiger partial charge in [-0.3, -0.25) is 9.36 Å². The molecule has 0 unspecified atom stereocenters. The number of nitrogens with zero attached hydrogens (tertiary/aromatic N) is 4. The standard InChI is InChI=1S/C20H20Br2N4O2S/c1-12(28-4)6-5-7-13(8-9-21)26-11-24-16-15-17(25(2)3)14(22)10-23-19(15)29-18(16)20(26)27/h5-6,8,10-11H,1,7,9H2,2-4H3/b6-5-,13-8+. The largest absolute Gasteiger partial charge is 0.497 e. The molecule has 9 heteroatoms. The number of hydrogen-bond donors (Lipinski definition) is 0. The molecule has 0 saturated heterocycles. The molecule has 0 bridgehead atoms. The average Bonchev–Trinajstić information content (AvgIpc) is 3.06. The number of alkyl halides is 1. The summed E-state index contributed by atoms with van der Waals surface area (Å²) < 4.78 is 8.09. The summed E-state index contributed by atoms with van der Waals surface area (Å²) in [4.78, 5) is 25.2. The van der Waals surface area contributed by atoms with Crippen LogP contribution in [0.3, 0.4) is 0 Å². The predicted octanol–water partition coefficient (Wildman–Crippen LogP) is 5.18. The Labute approximate surface area is 189 Å². The van der Waals surface area contributed by atoms with Crippen LogP contribution in [-0.2, 0) is 4.74 Å². The molecule has 0 atom stereocenters. The highest BCUT2D eigenvalue weighted by molar-refractivity contribution is 9.10. The van der Waals surface area contributed by atoms with Gasteiger partial charge in [0.25, 0.3) is 5.56 Å². The third-order valence-electron chi connectivity index (χ3n) is 4.30. The van der Waals surface area contributed by atoms with E-state index in [-0.39, 0.29) is 5.56 Å². The van der Waals surface area contributed by atoms with E-state index < -0.39 is 0 Å². The molecule has 29 heavy (non-hydrogen) atoms. The molecule has 3 aromatic heterocycles. The number of pyridine rings is 1. The van der Waals surface area contributed by atoms with Crippen molar-refractivity contribution in [1.29, 1.82) is 0 Å². The van der Waals surface area contributed by atoms with Gasteiger partial charge in [-0.1, -0.05) is 34.7 Å². The van der Waals surface area contributed by atoms with E-state index in [1.54, 1.807) is 30.3 Å². The first kappa shape index (κ1) is 21.7. The van der Waals surface area contributed by atoms with Crippen molar-refractivity contribution in [3.05, 3.63) is 57.9 Å². The number of anilines is 1. The summed E-state index contributed by atoms with van der Waals surface area (Å²) in [5.74, 6) is 0.557. The zero-order valence-corrected chi connectivity index (χ0v) is 20.3. The Morgan fingerprint density at radius 1 is 1.41 bits per heavy atom. The van der Waals surface area contributed by atoms with Gasteiger partial charge in [-0.2, -0.15) is 0 Å². The third-order valence-corrected chi connectivity index (χ3v) is 6.28. The summed E-state index contributed by atoms with van der Waals surface area (Å²) in [7, 11) is 5.49. The molecule has 0 aromatic carbocycles. The van der Waals surface area contributed by atoms with Gasteiger partial charge < -0.3 is 9.64 Å². The molecule has 3 aromatic rings. The Hall–Kier alpha value is -1.97. The summed E-state index contributed by atoms with van der Waals surface area (Å²) >= 11 is 8.35. The first-order valence-corrected chi connectivity index (χ1v) is 11.4. The van der Waals surface area contributed by atoms with Gasteiger partial charge in [-0.25, -0.2) is 9.97 Å². The Balaban J connectivity index is 2.17. The Kier molecular flexibility index (Phi) is 6.92. The second kappa shape index (κ2) is 9.23. The molecular formula is C20H20Br2N4O2S. The number of methoxy groups -OCH3 is 1. The molecule has 6 nitrogen and oxygen atoms in total. The SMILES string of the molecule is C=C(/C=C\C/C(=C\CBr)n1cnc2c(sc3ncc(Br)c(N(C)C)c32)c1=O)OC. The Morgan fingerprint density at radius 3 is 2.83 bits per heavy atom. The topological polar surface area (TPSA) is 60.2 Å². The van der Waals surface area contributed by atoms with E-state index in [1.165, 1.54) is 11.3 Å². The van der Waals surface area contributed by atoms with E-state index in [0.717, 1.165) is 26.1 Å². The van der Waals surface area contributed by atoms with Gasteiger partial charge in [0, 0.05) is 37.7 Å². The molecule has 3 rings (SSSR count). The van der Waals surface area contributed by atoms with Crippen LogP contribution in [0.2, 0.25) is 0 Å². The number of allylic oxidation sites excluding steroid dienone is 4. The van der Waals surface area contributed by atoms with Crippen LogP contribution in [0.15, 0.2) is 52.4 Å². The highest BCUT2D eigenvalue weighted by atomic mass is 79.9. The van der Waals surface area contributed by atoms with Crippen LogP contribution in [0, 0.1) is 0 Å². The normalized spacial score (nSPS) is 12.2. The predicted molar refractivity (Wildman–Crippen MR) is 129 cm³/mol. The maximum atomic E-state index is 13.3. The first-order chi connectivity index (χ1) is 13.9. The van der Waals surface area contributed by atoms with Crippen LogP contribution >= 0.6 is 43.2 Å². The quantitative estimate of drug-likeness (QED) is 0.235. The van der Waals surface area contributed by atoms with E-state index in [4.69, 9.17) is 4.74 Å². The van der Waals surface area contributed by atoms with Crippen LogP contribution in [0.5, 0.6) is 0 Å². The van der Waals surface area contributed by atoms with Crippen LogP contribution in [-0.4, -0.2) is 41.1 Å². The molecule has 0 saturated carbocycles. The zero-order valence-electron chi connectivity index (χ0n) is 16.3. The number of thiophene rings is 1. The van der Waals surface area contributed by atoms with Crippen molar-refractivity contribution in [2.75, 3.05) is 31.4 Å². The Morgan fingerprint density at radius 2 is 2.17 bits per heavy atom. The fraction of sp³-hybridized carbons (Fsp3) is 0.250. The summed E-state index contributed by atoms with van der Waals surface area (Å²) in [6, 6.07) is 0. The lowest BCUT2D eigenvalue weighted by Gasteiger charge is -2.15. The van der Waals surface area contributed by atoms with Gasteiger partial charge in [0.15, 0.2) is 0 Å². The van der Waals surface area contributed by atoms with E-state index >= 15 is 0 Å². The lowest BCUT2D eigenvalue weighted by atomic mass is 10.2. The maximum Gasteiger partial charge on any atom is 0.275 e. The minimum absolute atomic E-state index is 0.106. The van der Waals surface area contributed by atoms with Crippen LogP contribution < -0.4 is 10.5 Å². The van der Waals surface area contributed by atoms with Gasteiger partial charge in [0.1, 0.15) is 27.1 Å². The molecule has 0 fully saturated rings. The zero-order chi connectivity index (χ0) is 21.1. The van der Waals surface area contributed by atoms with E-state index in [0.29, 0.717) is 27.7 Å². The fourth-order valence-corrected chi connectivity index (χ4v) is 5.01. The second-order valence-electron chi connectivity index (χ2n) is 6.36. The van der Waals surface area contributed by atoms with E-state index in [9.17, 15) is 4.79 Å². The van der Waals surface area contributed by atoms with Gasteiger partial charge in [-0.15, -0.1) is 11.3 Å². The summed E-state index contributed by atoms with van der Waals surface area (Å²) in [6.07, 6.45) is 9.52. The number of hydrogen-bond acceptors (Lipinski definition) is 6. The molecule has 0 radical (unpaired) electrons. The van der Waals surface area contributed by atoms with Crippen molar-refractivity contribution in [3.63, 3.8) is 0 Å². The van der Waals surface area contributed by atoms with Gasteiger partial charge in [0.2, 0.25) is 0 Å². The van der Waals surface area contributed by atoms with E-state index in [1.807, 2.05) is 31.1 Å². The first-order valence-electron chi connectivity index (χ1n) is 8.69. The van der Waals surface area contributed by atoms with Crippen molar-refractivity contribution in [2.24, 2.45) is 0 Å². The van der Waals surface area contributed by atoms with Crippen molar-refractivity contribution in [3.8, 4) is 0 Å². The van der Waals surface area contributed by atoms with Crippen LogP contribution in [0.1, 0.15) is 6.42 Å². The number of halogens is 2. The number of rotatable bonds is 7. The maximum absolute atomic E-state index is 13.3. The average molecular weight is 540 g/mol. The highest BCUT2D eigenvalue weighted by Crippen LogP contribution is 2.39. The highest BCUT2D eigenvalue weighted by Gasteiger charge is 2.19. The minimum atomic E-state index is -0.106. The van der Waals surface area contributed by atoms with E-state index in [2.05, 4.69) is 48.4 Å². The van der Waals surface area contributed by atoms with Crippen molar-refractivity contribution >= 4 is 75.0 Å². The van der Waals surface area contributed by atoms with Crippen molar-refractivity contribution < 1.29 is 4.74 Å². The molecule has 0 spiro atoms. The fourth-order valence-electron chi connectivity index (χ4n) is 2.95. The molecule has 152 valence electrons. The monoisotopic (exact) mass is 538 g/mol. The van der Waals surface area contributed by atoms with Crippen LogP contribution in [0.25, 0.3) is 26.1 Å². The smallest absolute Gasteiger partial charge is 0.275 e. The summed E-state index contributed by atoms with van der Waals surface area (Å²) in [5, 5.41) is 1.51. The van der Waals surface area contributed by atoms with Gasteiger partial charge in [-0.05, 0) is 22.0 Å². The summed E-state index contributed by atoms with van der Waals surface area (Å²) in [6.45, 7) is 3.77. The molecule has 0 aliphatic carbocycles. The number of aromatic nitrogens is 3. The third kappa shape index (κ3) is 4.31. The molecule has 0 aliphatic rings. The minimum Gasteiger partial charge on any atom is -0.497 e. The summed E-state index contributed by atoms with van der Waals surface area (Å²) in [5.41, 5.74) is 2.35. The van der Waals surface area contributed by atoms with Crippen molar-refractivity contribution in [2.45, 2.75) is 6.42 Å². The molecule has 0 N–H and O–H groups in total. The second-order valence-corrected chi connectivity index (χ2v) is 8.86. The molecule has 0 aliphatic heterocycles. The van der Waals surface area contributed by atoms with Crippen LogP contribution in [0.4, 0.5) is 5.69 Å². The lowest BCUT2D eigenvalue weighted by Crippen LogP contribution is -2.19. The lowest BCUT2D eigenvalue weighted by molar-refractivity contribution is 0.308. The number of fused-ring (bicyclic) bond motifs is 3.